The molecule has 0 aliphatic rings. The normalized spacial score (nSPS) is 10.2. The van der Waals surface area contributed by atoms with Crippen LogP contribution in [0.15, 0.2) is 12.1 Å². The summed E-state index contributed by atoms with van der Waals surface area (Å²) in [6.45, 7) is -0.123. The molecule has 72 valence electrons. The summed E-state index contributed by atoms with van der Waals surface area (Å²) in [5.74, 6) is 3.27. The second kappa shape index (κ2) is 4.15. The highest BCUT2D eigenvalue weighted by molar-refractivity contribution is 5.31. The van der Waals surface area contributed by atoms with E-state index in [0.717, 1.165) is 6.07 Å². The van der Waals surface area contributed by atoms with Crippen molar-refractivity contribution < 1.29 is 18.4 Å². The van der Waals surface area contributed by atoms with E-state index in [4.69, 9.17) is 5.90 Å². The number of benzene rings is 1. The van der Waals surface area contributed by atoms with Gasteiger partial charge in [-0.05, 0) is 6.07 Å². The summed E-state index contributed by atoms with van der Waals surface area (Å²) in [6.07, 6.45) is 0. The van der Waals surface area contributed by atoms with Gasteiger partial charge in [-0.2, -0.15) is 0 Å². The third-order valence-electron chi connectivity index (χ3n) is 1.56. The largest absolute Gasteiger partial charge is 0.494 e. The number of hydrogen-bond acceptors (Lipinski definition) is 3. The molecular formula is C8H9F2NO2. The van der Waals surface area contributed by atoms with E-state index in [-0.39, 0.29) is 17.9 Å². The molecule has 0 saturated carbocycles. The van der Waals surface area contributed by atoms with E-state index in [1.54, 1.807) is 0 Å². The Morgan fingerprint density at radius 3 is 2.54 bits per heavy atom. The maximum atomic E-state index is 12.9. The first-order valence-electron chi connectivity index (χ1n) is 3.52. The fourth-order valence-electron chi connectivity index (χ4n) is 0.928. The molecule has 5 heteroatoms. The van der Waals surface area contributed by atoms with Crippen LogP contribution in [0, 0.1) is 11.6 Å². The standard InChI is InChI=1S/C8H9F2NO2/c1-12-8-2-5(4-13-11)6(9)3-7(8)10/h2-3H,4,11H2,1H3. The van der Waals surface area contributed by atoms with Crippen molar-refractivity contribution in [1.29, 1.82) is 0 Å². The van der Waals surface area contributed by atoms with Crippen molar-refractivity contribution in [2.45, 2.75) is 6.61 Å². The molecule has 0 fully saturated rings. The predicted molar refractivity (Wildman–Crippen MR) is 41.9 cm³/mol. The summed E-state index contributed by atoms with van der Waals surface area (Å²) in [5.41, 5.74) is 0.153. The molecule has 3 nitrogen and oxygen atoms in total. The van der Waals surface area contributed by atoms with Gasteiger partial charge < -0.3 is 4.74 Å². The summed E-state index contributed by atoms with van der Waals surface area (Å²) in [4.78, 5) is 4.23. The average Bonchev–Trinajstić information content (AvgIpc) is 2.10. The van der Waals surface area contributed by atoms with Crippen LogP contribution in [-0.4, -0.2) is 7.11 Å². The Kier molecular flexibility index (Phi) is 3.16. The van der Waals surface area contributed by atoms with E-state index in [9.17, 15) is 8.78 Å². The van der Waals surface area contributed by atoms with Crippen molar-refractivity contribution in [2.24, 2.45) is 5.90 Å². The molecule has 1 aromatic carbocycles. The highest BCUT2D eigenvalue weighted by Crippen LogP contribution is 2.21. The Morgan fingerprint density at radius 1 is 1.31 bits per heavy atom. The van der Waals surface area contributed by atoms with Crippen molar-refractivity contribution in [3.63, 3.8) is 0 Å². The molecule has 0 saturated heterocycles. The summed E-state index contributed by atoms with van der Waals surface area (Å²) >= 11 is 0. The van der Waals surface area contributed by atoms with Gasteiger partial charge in [-0.25, -0.2) is 14.7 Å². The van der Waals surface area contributed by atoms with Crippen LogP contribution in [-0.2, 0) is 11.4 Å². The van der Waals surface area contributed by atoms with Crippen LogP contribution < -0.4 is 10.6 Å². The molecule has 0 radical (unpaired) electrons. The van der Waals surface area contributed by atoms with Gasteiger partial charge in [0, 0.05) is 11.6 Å². The molecule has 0 atom stereocenters. The lowest BCUT2D eigenvalue weighted by Crippen LogP contribution is -2.02. The Hall–Kier alpha value is -1.20. The smallest absolute Gasteiger partial charge is 0.167 e. The van der Waals surface area contributed by atoms with Crippen molar-refractivity contribution in [3.8, 4) is 5.75 Å². The summed E-state index contributed by atoms with van der Waals surface area (Å²) in [5, 5.41) is 0. The summed E-state index contributed by atoms with van der Waals surface area (Å²) in [6, 6.07) is 1.94. The highest BCUT2D eigenvalue weighted by Gasteiger charge is 2.09. The van der Waals surface area contributed by atoms with E-state index in [0.29, 0.717) is 0 Å². The second-order valence-electron chi connectivity index (χ2n) is 2.39. The molecular weight excluding hydrogens is 180 g/mol. The zero-order valence-corrected chi connectivity index (χ0v) is 7.01. The molecule has 0 spiro atoms. The molecule has 0 bridgehead atoms. The van der Waals surface area contributed by atoms with Gasteiger partial charge in [0.25, 0.3) is 0 Å². The molecule has 13 heavy (non-hydrogen) atoms. The minimum absolute atomic E-state index is 0.0338. The monoisotopic (exact) mass is 189 g/mol. The molecule has 0 unspecified atom stereocenters. The molecule has 0 amide bonds. The molecule has 0 aliphatic heterocycles. The number of hydrogen-bond donors (Lipinski definition) is 1. The van der Waals surface area contributed by atoms with Crippen molar-refractivity contribution in [1.82, 2.24) is 0 Å². The van der Waals surface area contributed by atoms with Crippen molar-refractivity contribution >= 4 is 0 Å². The third kappa shape index (κ3) is 2.13. The van der Waals surface area contributed by atoms with E-state index >= 15 is 0 Å². The number of rotatable bonds is 3. The third-order valence-corrected chi connectivity index (χ3v) is 1.56. The Balaban J connectivity index is 3.06. The van der Waals surface area contributed by atoms with Crippen LogP contribution >= 0.6 is 0 Å². The van der Waals surface area contributed by atoms with Crippen LogP contribution in [0.3, 0.4) is 0 Å². The maximum Gasteiger partial charge on any atom is 0.167 e. The minimum Gasteiger partial charge on any atom is -0.494 e. The van der Waals surface area contributed by atoms with Gasteiger partial charge in [0.05, 0.1) is 13.7 Å². The van der Waals surface area contributed by atoms with Crippen LogP contribution in [0.1, 0.15) is 5.56 Å². The van der Waals surface area contributed by atoms with Crippen LogP contribution in [0.25, 0.3) is 0 Å². The lowest BCUT2D eigenvalue weighted by Gasteiger charge is -2.05. The van der Waals surface area contributed by atoms with E-state index in [1.807, 2.05) is 0 Å². The number of methoxy groups -OCH3 is 1. The Morgan fingerprint density at radius 2 is 2.00 bits per heavy atom. The Labute approximate surface area is 74.0 Å². The summed E-state index contributed by atoms with van der Waals surface area (Å²) in [7, 11) is 1.30. The van der Waals surface area contributed by atoms with Gasteiger partial charge in [0.2, 0.25) is 0 Å². The van der Waals surface area contributed by atoms with Crippen molar-refractivity contribution in [3.05, 3.63) is 29.3 Å². The van der Waals surface area contributed by atoms with Gasteiger partial charge in [0.15, 0.2) is 11.6 Å². The first-order valence-corrected chi connectivity index (χ1v) is 3.52. The zero-order chi connectivity index (χ0) is 9.84. The quantitative estimate of drug-likeness (QED) is 0.730. The number of ether oxygens (including phenoxy) is 1. The maximum absolute atomic E-state index is 12.9. The topological polar surface area (TPSA) is 44.5 Å². The minimum atomic E-state index is -0.749. The predicted octanol–water partition coefficient (Wildman–Crippen LogP) is 1.36. The van der Waals surface area contributed by atoms with E-state index in [1.165, 1.54) is 13.2 Å². The van der Waals surface area contributed by atoms with E-state index < -0.39 is 11.6 Å². The fraction of sp³-hybridized carbons (Fsp3) is 0.250. The van der Waals surface area contributed by atoms with Gasteiger partial charge in [-0.3, -0.25) is 4.84 Å². The van der Waals surface area contributed by atoms with Gasteiger partial charge in [0.1, 0.15) is 5.82 Å². The first-order chi connectivity index (χ1) is 6.19. The molecule has 1 aromatic rings. The molecule has 2 N–H and O–H groups in total. The van der Waals surface area contributed by atoms with Crippen LogP contribution in [0.5, 0.6) is 5.75 Å². The number of nitrogens with two attached hydrogens (primary N) is 1. The van der Waals surface area contributed by atoms with Crippen LogP contribution in [0.2, 0.25) is 0 Å². The van der Waals surface area contributed by atoms with Gasteiger partial charge in [-0.15, -0.1) is 0 Å². The SMILES string of the molecule is COc1cc(CON)c(F)cc1F. The molecule has 1 rings (SSSR count). The zero-order valence-electron chi connectivity index (χ0n) is 7.01. The molecule has 0 heterocycles. The Bertz CT molecular complexity index is 304. The lowest BCUT2D eigenvalue weighted by molar-refractivity contribution is 0.121. The highest BCUT2D eigenvalue weighted by atomic mass is 19.1. The lowest BCUT2D eigenvalue weighted by atomic mass is 10.2. The number of halogens is 2. The van der Waals surface area contributed by atoms with Crippen LogP contribution in [0.4, 0.5) is 8.78 Å². The molecule has 0 aliphatic carbocycles. The van der Waals surface area contributed by atoms with E-state index in [2.05, 4.69) is 9.57 Å². The second-order valence-corrected chi connectivity index (χ2v) is 2.39. The fourth-order valence-corrected chi connectivity index (χ4v) is 0.928. The average molecular weight is 189 g/mol. The van der Waals surface area contributed by atoms with Gasteiger partial charge >= 0.3 is 0 Å². The van der Waals surface area contributed by atoms with Gasteiger partial charge in [-0.1, -0.05) is 0 Å². The summed E-state index contributed by atoms with van der Waals surface area (Å²) < 4.78 is 30.4. The van der Waals surface area contributed by atoms with Crippen molar-refractivity contribution in [2.75, 3.05) is 7.11 Å². The first kappa shape index (κ1) is 9.88. The molecule has 0 aromatic heterocycles.